The Morgan fingerprint density at radius 3 is 2.47 bits per heavy atom. The first kappa shape index (κ1) is 21.5. The molecule has 0 aliphatic rings. The van der Waals surface area contributed by atoms with Crippen LogP contribution in [0.4, 0.5) is 5.69 Å². The molecule has 0 aliphatic heterocycles. The van der Waals surface area contributed by atoms with E-state index in [-0.39, 0.29) is 5.91 Å². The molecular weight excluding hydrogens is 420 g/mol. The molecular formula is C26H22N2O3S. The lowest BCUT2D eigenvalue weighted by molar-refractivity contribution is 0.0527. The number of nitrogens with two attached hydrogens (primary N) is 1. The molecule has 4 aromatic rings. The summed E-state index contributed by atoms with van der Waals surface area (Å²) in [4.78, 5) is 26.6. The zero-order chi connectivity index (χ0) is 22.5. The van der Waals surface area contributed by atoms with E-state index >= 15 is 0 Å². The molecule has 4 rings (SSSR count). The van der Waals surface area contributed by atoms with Gasteiger partial charge in [0.05, 0.1) is 17.9 Å². The molecule has 0 saturated carbocycles. The number of carbonyl (C=O) groups is 2. The molecule has 0 radical (unpaired) electrons. The predicted molar refractivity (Wildman–Crippen MR) is 129 cm³/mol. The number of benzene rings is 3. The molecule has 0 atom stereocenters. The van der Waals surface area contributed by atoms with Crippen molar-refractivity contribution in [1.29, 1.82) is 0 Å². The number of amides is 1. The van der Waals surface area contributed by atoms with Gasteiger partial charge in [0.15, 0.2) is 0 Å². The normalized spacial score (nSPS) is 10.6. The second kappa shape index (κ2) is 9.60. The van der Waals surface area contributed by atoms with Crippen LogP contribution in [0.15, 0.2) is 90.3 Å². The molecule has 160 valence electrons. The van der Waals surface area contributed by atoms with Crippen LogP contribution in [0, 0.1) is 0 Å². The fraction of sp³-hybridized carbons (Fsp3) is 0.0769. The number of hydrogen-bond donors (Lipinski definition) is 1. The van der Waals surface area contributed by atoms with Gasteiger partial charge < -0.3 is 4.74 Å². The maximum atomic E-state index is 13.2. The van der Waals surface area contributed by atoms with Crippen LogP contribution in [0.3, 0.4) is 0 Å². The summed E-state index contributed by atoms with van der Waals surface area (Å²) in [5.41, 5.74) is 3.90. The van der Waals surface area contributed by atoms with Crippen molar-refractivity contribution in [2.75, 3.05) is 11.6 Å². The third kappa shape index (κ3) is 4.46. The van der Waals surface area contributed by atoms with E-state index in [1.54, 1.807) is 54.7 Å². The van der Waals surface area contributed by atoms with Gasteiger partial charge in [0.1, 0.15) is 0 Å². The molecule has 0 aliphatic carbocycles. The first-order chi connectivity index (χ1) is 15.6. The predicted octanol–water partition coefficient (Wildman–Crippen LogP) is 5.78. The van der Waals surface area contributed by atoms with Crippen molar-refractivity contribution in [3.8, 4) is 21.6 Å². The Labute approximate surface area is 190 Å². The van der Waals surface area contributed by atoms with Crippen molar-refractivity contribution in [1.82, 2.24) is 0 Å². The quantitative estimate of drug-likeness (QED) is 0.178. The van der Waals surface area contributed by atoms with E-state index in [0.29, 0.717) is 29.0 Å². The minimum Gasteiger partial charge on any atom is -0.462 e. The Balaban J connectivity index is 1.64. The van der Waals surface area contributed by atoms with Crippen LogP contribution in [0.1, 0.15) is 27.6 Å². The van der Waals surface area contributed by atoms with Crippen molar-refractivity contribution in [3.05, 3.63) is 101 Å². The van der Waals surface area contributed by atoms with Crippen LogP contribution in [0.2, 0.25) is 0 Å². The summed E-state index contributed by atoms with van der Waals surface area (Å²) in [6, 6.07) is 25.8. The van der Waals surface area contributed by atoms with Crippen LogP contribution >= 0.6 is 11.3 Å². The maximum absolute atomic E-state index is 13.2. The van der Waals surface area contributed by atoms with Crippen molar-refractivity contribution in [2.45, 2.75) is 6.92 Å². The third-order valence-electron chi connectivity index (χ3n) is 4.99. The van der Waals surface area contributed by atoms with E-state index in [2.05, 4.69) is 0 Å². The highest BCUT2D eigenvalue weighted by molar-refractivity contribution is 7.13. The van der Waals surface area contributed by atoms with Gasteiger partial charge in [-0.1, -0.05) is 48.5 Å². The van der Waals surface area contributed by atoms with Gasteiger partial charge in [-0.2, -0.15) is 0 Å². The monoisotopic (exact) mass is 442 g/mol. The number of esters is 1. The molecule has 5 nitrogen and oxygen atoms in total. The number of anilines is 1. The Morgan fingerprint density at radius 1 is 0.906 bits per heavy atom. The highest BCUT2D eigenvalue weighted by Crippen LogP contribution is 2.29. The Morgan fingerprint density at radius 2 is 1.69 bits per heavy atom. The van der Waals surface area contributed by atoms with E-state index < -0.39 is 5.97 Å². The number of carbonyl (C=O) groups excluding carboxylic acids is 2. The number of hydrazine groups is 1. The molecule has 1 amide bonds. The van der Waals surface area contributed by atoms with E-state index in [9.17, 15) is 9.59 Å². The Hall–Kier alpha value is -3.74. The molecule has 2 N–H and O–H groups in total. The number of hydrogen-bond acceptors (Lipinski definition) is 5. The zero-order valence-corrected chi connectivity index (χ0v) is 18.3. The van der Waals surface area contributed by atoms with Gasteiger partial charge >= 0.3 is 5.97 Å². The smallest absolute Gasteiger partial charge is 0.338 e. The number of rotatable bonds is 6. The first-order valence-corrected chi connectivity index (χ1v) is 11.1. The molecule has 1 heterocycles. The summed E-state index contributed by atoms with van der Waals surface area (Å²) >= 11 is 1.63. The van der Waals surface area contributed by atoms with E-state index in [1.165, 1.54) is 0 Å². The topological polar surface area (TPSA) is 72.6 Å². The van der Waals surface area contributed by atoms with Gasteiger partial charge in [0.25, 0.3) is 5.91 Å². The molecule has 0 saturated heterocycles. The lowest BCUT2D eigenvalue weighted by Crippen LogP contribution is -2.37. The second-order valence-electron chi connectivity index (χ2n) is 7.05. The fourth-order valence-electron chi connectivity index (χ4n) is 3.45. The van der Waals surface area contributed by atoms with Gasteiger partial charge in [-0.15, -0.1) is 11.3 Å². The number of thiophene rings is 1. The molecule has 0 unspecified atom stereocenters. The SMILES string of the molecule is CCOC(=O)c1ccccc1-c1cccc(C(=O)N(N)c2cccc(-c3cccs3)c2)c1. The van der Waals surface area contributed by atoms with Crippen LogP contribution in [0.25, 0.3) is 21.6 Å². The third-order valence-corrected chi connectivity index (χ3v) is 5.91. The summed E-state index contributed by atoms with van der Waals surface area (Å²) in [6.45, 7) is 2.06. The number of ether oxygens (including phenoxy) is 1. The standard InChI is InChI=1S/C26H22N2O3S/c1-2-31-26(30)23-13-4-3-12-22(23)18-8-5-10-20(16-18)25(29)28(27)21-11-6-9-19(17-21)24-14-7-15-32-24/h3-17H,2,27H2,1H3. The van der Waals surface area contributed by atoms with Crippen LogP contribution in [-0.2, 0) is 4.74 Å². The van der Waals surface area contributed by atoms with Crippen LogP contribution < -0.4 is 10.9 Å². The molecule has 6 heteroatoms. The minimum atomic E-state index is -0.398. The highest BCUT2D eigenvalue weighted by Gasteiger charge is 2.18. The van der Waals surface area contributed by atoms with Crippen molar-refractivity contribution >= 4 is 28.9 Å². The molecule has 0 spiro atoms. The molecule has 1 aromatic heterocycles. The average Bonchev–Trinajstić information content (AvgIpc) is 3.39. The number of nitrogens with zero attached hydrogens (tertiary/aromatic N) is 1. The van der Waals surface area contributed by atoms with E-state index in [0.717, 1.165) is 21.0 Å². The second-order valence-corrected chi connectivity index (χ2v) is 8.00. The molecule has 0 fully saturated rings. The van der Waals surface area contributed by atoms with Crippen molar-refractivity contribution in [2.24, 2.45) is 5.84 Å². The summed E-state index contributed by atoms with van der Waals surface area (Å²) in [6.07, 6.45) is 0. The molecule has 3 aromatic carbocycles. The van der Waals surface area contributed by atoms with Gasteiger partial charge in [-0.05, 0) is 65.4 Å². The van der Waals surface area contributed by atoms with Gasteiger partial charge in [0, 0.05) is 10.4 Å². The summed E-state index contributed by atoms with van der Waals surface area (Å²) in [7, 11) is 0. The van der Waals surface area contributed by atoms with Gasteiger partial charge in [0.2, 0.25) is 0 Å². The lowest BCUT2D eigenvalue weighted by Gasteiger charge is -2.18. The first-order valence-electron chi connectivity index (χ1n) is 10.2. The highest BCUT2D eigenvalue weighted by atomic mass is 32.1. The van der Waals surface area contributed by atoms with Gasteiger partial charge in [-0.25, -0.2) is 15.6 Å². The van der Waals surface area contributed by atoms with Gasteiger partial charge in [-0.3, -0.25) is 4.79 Å². The Bertz CT molecular complexity index is 1250. The fourth-order valence-corrected chi connectivity index (χ4v) is 4.17. The molecule has 32 heavy (non-hydrogen) atoms. The summed E-state index contributed by atoms with van der Waals surface area (Å²) in [5, 5.41) is 3.15. The lowest BCUT2D eigenvalue weighted by atomic mass is 9.98. The summed E-state index contributed by atoms with van der Waals surface area (Å²) < 4.78 is 5.17. The van der Waals surface area contributed by atoms with E-state index in [1.807, 2.05) is 53.9 Å². The van der Waals surface area contributed by atoms with E-state index in [4.69, 9.17) is 10.6 Å². The maximum Gasteiger partial charge on any atom is 0.338 e. The largest absolute Gasteiger partial charge is 0.462 e. The average molecular weight is 443 g/mol. The molecule has 0 bridgehead atoms. The van der Waals surface area contributed by atoms with Crippen LogP contribution in [-0.4, -0.2) is 18.5 Å². The minimum absolute atomic E-state index is 0.290. The van der Waals surface area contributed by atoms with Crippen LogP contribution in [0.5, 0.6) is 0 Å². The zero-order valence-electron chi connectivity index (χ0n) is 17.5. The Kier molecular flexibility index (Phi) is 6.44. The summed E-state index contributed by atoms with van der Waals surface area (Å²) in [5.74, 6) is 5.47. The van der Waals surface area contributed by atoms with Crippen molar-refractivity contribution in [3.63, 3.8) is 0 Å². The van der Waals surface area contributed by atoms with Crippen molar-refractivity contribution < 1.29 is 14.3 Å².